The molecule has 0 amide bonds. The number of rotatable bonds is 7. The Hall–Kier alpha value is -1.13. The SMILES string of the molecule is COC/C(=C/Cc1nccn1C)CCCN. The molecular weight excluding hydrogens is 202 g/mol. The van der Waals surface area contributed by atoms with Crippen molar-refractivity contribution in [2.45, 2.75) is 19.3 Å². The molecule has 0 aliphatic carbocycles. The van der Waals surface area contributed by atoms with Crippen LogP contribution < -0.4 is 5.73 Å². The molecule has 0 bridgehead atoms. The summed E-state index contributed by atoms with van der Waals surface area (Å²) < 4.78 is 7.20. The molecule has 90 valence electrons. The Morgan fingerprint density at radius 1 is 1.62 bits per heavy atom. The molecule has 0 radical (unpaired) electrons. The van der Waals surface area contributed by atoms with E-state index >= 15 is 0 Å². The first kappa shape index (κ1) is 12.9. The highest BCUT2D eigenvalue weighted by Gasteiger charge is 2.00. The van der Waals surface area contributed by atoms with Gasteiger partial charge in [-0.15, -0.1) is 0 Å². The predicted molar refractivity (Wildman–Crippen MR) is 65.2 cm³/mol. The highest BCUT2D eigenvalue weighted by molar-refractivity contribution is 5.08. The van der Waals surface area contributed by atoms with E-state index in [9.17, 15) is 0 Å². The van der Waals surface area contributed by atoms with E-state index in [0.717, 1.165) is 31.6 Å². The Morgan fingerprint density at radius 2 is 2.44 bits per heavy atom. The second-order valence-corrected chi connectivity index (χ2v) is 3.85. The molecule has 1 heterocycles. The van der Waals surface area contributed by atoms with E-state index in [4.69, 9.17) is 10.5 Å². The fourth-order valence-electron chi connectivity index (χ4n) is 1.58. The number of nitrogens with zero attached hydrogens (tertiary/aromatic N) is 2. The predicted octanol–water partition coefficient (Wildman–Crippen LogP) is 1.27. The average molecular weight is 223 g/mol. The van der Waals surface area contributed by atoms with Crippen LogP contribution in [0, 0.1) is 0 Å². The van der Waals surface area contributed by atoms with E-state index in [0.29, 0.717) is 6.61 Å². The van der Waals surface area contributed by atoms with Crippen LogP contribution in [0.1, 0.15) is 18.7 Å². The summed E-state index contributed by atoms with van der Waals surface area (Å²) in [6.07, 6.45) is 8.84. The van der Waals surface area contributed by atoms with Crippen molar-refractivity contribution in [3.8, 4) is 0 Å². The van der Waals surface area contributed by atoms with Crippen molar-refractivity contribution in [2.24, 2.45) is 12.8 Å². The third kappa shape index (κ3) is 4.16. The van der Waals surface area contributed by atoms with Crippen LogP contribution in [-0.2, 0) is 18.2 Å². The van der Waals surface area contributed by atoms with Gasteiger partial charge in [0.15, 0.2) is 0 Å². The molecule has 1 aromatic heterocycles. The first-order valence-corrected chi connectivity index (χ1v) is 5.61. The zero-order valence-electron chi connectivity index (χ0n) is 10.1. The van der Waals surface area contributed by atoms with Crippen molar-refractivity contribution in [1.29, 1.82) is 0 Å². The normalized spacial score (nSPS) is 12.1. The number of aryl methyl sites for hydroxylation is 1. The van der Waals surface area contributed by atoms with Crippen LogP contribution >= 0.6 is 0 Å². The molecule has 0 fully saturated rings. The van der Waals surface area contributed by atoms with Gasteiger partial charge in [0.05, 0.1) is 6.61 Å². The highest BCUT2D eigenvalue weighted by Crippen LogP contribution is 2.07. The largest absolute Gasteiger partial charge is 0.380 e. The summed E-state index contributed by atoms with van der Waals surface area (Å²) in [6.45, 7) is 1.41. The second kappa shape index (κ2) is 7.19. The summed E-state index contributed by atoms with van der Waals surface area (Å²) in [4.78, 5) is 4.28. The molecule has 0 unspecified atom stereocenters. The van der Waals surface area contributed by atoms with Crippen molar-refractivity contribution in [3.63, 3.8) is 0 Å². The molecule has 1 aromatic rings. The Morgan fingerprint density at radius 3 is 3.00 bits per heavy atom. The number of allylic oxidation sites excluding steroid dienone is 1. The minimum Gasteiger partial charge on any atom is -0.380 e. The topological polar surface area (TPSA) is 53.1 Å². The van der Waals surface area contributed by atoms with E-state index in [1.165, 1.54) is 5.57 Å². The Bertz CT molecular complexity index is 331. The van der Waals surface area contributed by atoms with Gasteiger partial charge in [-0.3, -0.25) is 0 Å². The van der Waals surface area contributed by atoms with E-state index in [2.05, 4.69) is 11.1 Å². The lowest BCUT2D eigenvalue weighted by molar-refractivity contribution is 0.222. The smallest absolute Gasteiger partial charge is 0.112 e. The summed E-state index contributed by atoms with van der Waals surface area (Å²) >= 11 is 0. The fourth-order valence-corrected chi connectivity index (χ4v) is 1.58. The number of imidazole rings is 1. The Kier molecular flexibility index (Phi) is 5.82. The molecule has 0 aromatic carbocycles. The van der Waals surface area contributed by atoms with Gasteiger partial charge in [0.2, 0.25) is 0 Å². The van der Waals surface area contributed by atoms with Gasteiger partial charge in [-0.2, -0.15) is 0 Å². The maximum absolute atomic E-state index is 5.50. The summed E-state index contributed by atoms with van der Waals surface area (Å²) in [6, 6.07) is 0. The summed E-state index contributed by atoms with van der Waals surface area (Å²) in [5.74, 6) is 1.07. The lowest BCUT2D eigenvalue weighted by atomic mass is 10.1. The lowest BCUT2D eigenvalue weighted by Crippen LogP contribution is -2.03. The first-order valence-electron chi connectivity index (χ1n) is 5.61. The molecule has 0 atom stereocenters. The minimum atomic E-state index is 0.685. The van der Waals surface area contributed by atoms with Gasteiger partial charge in [-0.05, 0) is 25.0 Å². The fraction of sp³-hybridized carbons (Fsp3) is 0.583. The van der Waals surface area contributed by atoms with Gasteiger partial charge < -0.3 is 15.0 Å². The minimum absolute atomic E-state index is 0.685. The van der Waals surface area contributed by atoms with Gasteiger partial charge in [0, 0.05) is 33.0 Å². The van der Waals surface area contributed by atoms with E-state index in [-0.39, 0.29) is 0 Å². The molecular formula is C12H21N3O. The average Bonchev–Trinajstić information content (AvgIpc) is 2.68. The zero-order chi connectivity index (χ0) is 11.8. The van der Waals surface area contributed by atoms with Crippen LogP contribution in [0.15, 0.2) is 24.0 Å². The molecule has 0 aliphatic heterocycles. The van der Waals surface area contributed by atoms with Gasteiger partial charge in [0.1, 0.15) is 5.82 Å². The van der Waals surface area contributed by atoms with Crippen LogP contribution in [0.25, 0.3) is 0 Å². The highest BCUT2D eigenvalue weighted by atomic mass is 16.5. The third-order valence-corrected chi connectivity index (χ3v) is 2.53. The monoisotopic (exact) mass is 223 g/mol. The summed E-state index contributed by atoms with van der Waals surface area (Å²) in [5.41, 5.74) is 6.81. The van der Waals surface area contributed by atoms with Gasteiger partial charge in [-0.25, -0.2) is 4.98 Å². The molecule has 4 heteroatoms. The van der Waals surface area contributed by atoms with Gasteiger partial charge in [-0.1, -0.05) is 6.08 Å². The van der Waals surface area contributed by atoms with Crippen LogP contribution in [0.5, 0.6) is 0 Å². The molecule has 16 heavy (non-hydrogen) atoms. The Balaban J connectivity index is 2.53. The van der Waals surface area contributed by atoms with Crippen molar-refractivity contribution < 1.29 is 4.74 Å². The van der Waals surface area contributed by atoms with Gasteiger partial charge in [0.25, 0.3) is 0 Å². The standard InChI is InChI=1S/C12H21N3O/c1-15-9-8-14-12(15)6-5-11(10-16-2)4-3-7-13/h5,8-9H,3-4,6-7,10,13H2,1-2H3/b11-5+. The number of ether oxygens (including phenoxy) is 1. The van der Waals surface area contributed by atoms with Crippen molar-refractivity contribution in [2.75, 3.05) is 20.3 Å². The van der Waals surface area contributed by atoms with Crippen LogP contribution in [0.4, 0.5) is 0 Å². The van der Waals surface area contributed by atoms with Crippen LogP contribution in [0.2, 0.25) is 0 Å². The van der Waals surface area contributed by atoms with Crippen LogP contribution in [0.3, 0.4) is 0 Å². The number of hydrogen-bond donors (Lipinski definition) is 1. The molecule has 0 saturated carbocycles. The van der Waals surface area contributed by atoms with E-state index in [1.54, 1.807) is 7.11 Å². The maximum atomic E-state index is 5.50. The quantitative estimate of drug-likeness (QED) is 0.708. The van der Waals surface area contributed by atoms with Gasteiger partial charge >= 0.3 is 0 Å². The Labute approximate surface area is 97.1 Å². The zero-order valence-corrected chi connectivity index (χ0v) is 10.1. The van der Waals surface area contributed by atoms with Crippen molar-refractivity contribution in [1.82, 2.24) is 9.55 Å². The molecule has 0 aliphatic rings. The second-order valence-electron chi connectivity index (χ2n) is 3.85. The molecule has 4 nitrogen and oxygen atoms in total. The number of aromatic nitrogens is 2. The number of nitrogens with two attached hydrogens (primary N) is 1. The lowest BCUT2D eigenvalue weighted by Gasteiger charge is -2.06. The molecule has 0 spiro atoms. The summed E-state index contributed by atoms with van der Waals surface area (Å²) in [5, 5.41) is 0. The van der Waals surface area contributed by atoms with Crippen LogP contribution in [-0.4, -0.2) is 29.8 Å². The van der Waals surface area contributed by atoms with Crippen molar-refractivity contribution >= 4 is 0 Å². The van der Waals surface area contributed by atoms with E-state index < -0.39 is 0 Å². The van der Waals surface area contributed by atoms with Crippen molar-refractivity contribution in [3.05, 3.63) is 29.9 Å². The molecule has 1 rings (SSSR count). The maximum Gasteiger partial charge on any atom is 0.112 e. The third-order valence-electron chi connectivity index (χ3n) is 2.53. The first-order chi connectivity index (χ1) is 7.77. The molecule has 0 saturated heterocycles. The molecule has 2 N–H and O–H groups in total. The number of methoxy groups -OCH3 is 1. The van der Waals surface area contributed by atoms with E-state index in [1.807, 2.05) is 24.0 Å². The summed E-state index contributed by atoms with van der Waals surface area (Å²) in [7, 11) is 3.73. The number of hydrogen-bond acceptors (Lipinski definition) is 3.